The number of amides is 2. The number of hydrogen-bond donors (Lipinski definition) is 2. The molecule has 0 atom stereocenters. The summed E-state index contributed by atoms with van der Waals surface area (Å²) >= 11 is 12.1. The van der Waals surface area contributed by atoms with Gasteiger partial charge < -0.3 is 19.9 Å². The van der Waals surface area contributed by atoms with Crippen molar-refractivity contribution in [1.29, 1.82) is 0 Å². The molecule has 0 saturated heterocycles. The molecule has 0 spiro atoms. The maximum Gasteiger partial charge on any atom is 0.429 e. The van der Waals surface area contributed by atoms with Crippen LogP contribution in [0.5, 0.6) is 0 Å². The lowest BCUT2D eigenvalue weighted by Crippen LogP contribution is -2.49. The van der Waals surface area contributed by atoms with Gasteiger partial charge in [-0.2, -0.15) is 0 Å². The van der Waals surface area contributed by atoms with Crippen molar-refractivity contribution in [2.45, 2.75) is 20.5 Å². The quantitative estimate of drug-likeness (QED) is 0.266. The van der Waals surface area contributed by atoms with Gasteiger partial charge in [0.15, 0.2) is 5.78 Å². The molecule has 0 bridgehead atoms. The molecule has 2 amide bonds. The number of ketones is 1. The standard InChI is InChI=1S/C17H21Cl2N3O7/c1-3-27-16(25)21-22(17(26)28-4-2)8-14(23)11-5-10(9-29-15(24)7-20)12(18)6-13(11)19/h5-6H,3-4,7-9,20H2,1-2H3,(H,21,25). The summed E-state index contributed by atoms with van der Waals surface area (Å²) in [5.41, 5.74) is 7.59. The number of Topliss-reactive ketones (excluding diaryl/α,β-unsaturated/α-hetero) is 1. The number of nitrogens with zero attached hydrogens (tertiary/aromatic N) is 1. The molecule has 3 N–H and O–H groups in total. The van der Waals surface area contributed by atoms with Gasteiger partial charge in [-0.1, -0.05) is 23.2 Å². The van der Waals surface area contributed by atoms with Crippen LogP contribution in [0.2, 0.25) is 10.0 Å². The molecule has 1 aromatic carbocycles. The fourth-order valence-electron chi connectivity index (χ4n) is 1.99. The van der Waals surface area contributed by atoms with E-state index >= 15 is 0 Å². The minimum atomic E-state index is -0.962. The van der Waals surface area contributed by atoms with E-state index in [0.717, 1.165) is 0 Å². The van der Waals surface area contributed by atoms with E-state index in [2.05, 4.69) is 5.43 Å². The summed E-state index contributed by atoms with van der Waals surface area (Å²) < 4.78 is 14.4. The molecule has 10 nitrogen and oxygen atoms in total. The van der Waals surface area contributed by atoms with Gasteiger partial charge >= 0.3 is 18.2 Å². The number of esters is 1. The van der Waals surface area contributed by atoms with Crippen LogP contribution in [-0.4, -0.2) is 55.3 Å². The Bertz CT molecular complexity index is 774. The lowest BCUT2D eigenvalue weighted by atomic mass is 10.1. The molecule has 1 rings (SSSR count). The Morgan fingerprint density at radius 2 is 1.69 bits per heavy atom. The number of nitrogens with one attached hydrogen (secondary N) is 1. The molecule has 0 unspecified atom stereocenters. The second-order valence-electron chi connectivity index (χ2n) is 5.33. The van der Waals surface area contributed by atoms with E-state index in [4.69, 9.17) is 43.1 Å². The maximum atomic E-state index is 12.7. The van der Waals surface area contributed by atoms with Crippen molar-refractivity contribution in [2.75, 3.05) is 26.3 Å². The second kappa shape index (κ2) is 12.1. The molecule has 0 aliphatic heterocycles. The Morgan fingerprint density at radius 1 is 1.03 bits per heavy atom. The molecular weight excluding hydrogens is 429 g/mol. The van der Waals surface area contributed by atoms with Crippen LogP contribution in [0, 0.1) is 0 Å². The minimum Gasteiger partial charge on any atom is -0.460 e. The van der Waals surface area contributed by atoms with E-state index in [0.29, 0.717) is 10.6 Å². The predicted octanol–water partition coefficient (Wildman–Crippen LogP) is 2.30. The molecule has 0 aromatic heterocycles. The average molecular weight is 450 g/mol. The number of ether oxygens (including phenoxy) is 3. The third-order valence-electron chi connectivity index (χ3n) is 3.28. The Morgan fingerprint density at radius 3 is 2.28 bits per heavy atom. The number of hydrazine groups is 1. The molecule has 0 radical (unpaired) electrons. The van der Waals surface area contributed by atoms with Gasteiger partial charge in [-0.3, -0.25) is 9.59 Å². The summed E-state index contributed by atoms with van der Waals surface area (Å²) in [7, 11) is 0. The first kappa shape index (κ1) is 24.5. The first-order valence-corrected chi connectivity index (χ1v) is 9.23. The minimum absolute atomic E-state index is 0.00479. The molecule has 1 aromatic rings. The maximum absolute atomic E-state index is 12.7. The summed E-state index contributed by atoms with van der Waals surface area (Å²) in [5, 5.41) is 0.834. The van der Waals surface area contributed by atoms with Crippen LogP contribution in [0.4, 0.5) is 9.59 Å². The van der Waals surface area contributed by atoms with Crippen molar-refractivity contribution in [3.63, 3.8) is 0 Å². The normalized spacial score (nSPS) is 10.1. The summed E-state index contributed by atoms with van der Waals surface area (Å²) in [4.78, 5) is 47.6. The zero-order valence-corrected chi connectivity index (χ0v) is 17.3. The van der Waals surface area contributed by atoms with Gasteiger partial charge in [-0.25, -0.2) is 20.0 Å². The average Bonchev–Trinajstić information content (AvgIpc) is 2.66. The number of nitrogens with two attached hydrogens (primary N) is 1. The summed E-state index contributed by atoms with van der Waals surface area (Å²) in [6.45, 7) is 2.08. The van der Waals surface area contributed by atoms with Gasteiger partial charge in [0.05, 0.1) is 24.8 Å². The number of carbonyl (C=O) groups is 4. The highest BCUT2D eigenvalue weighted by Crippen LogP contribution is 2.26. The predicted molar refractivity (Wildman–Crippen MR) is 104 cm³/mol. The van der Waals surface area contributed by atoms with E-state index in [-0.39, 0.29) is 42.0 Å². The van der Waals surface area contributed by atoms with Crippen LogP contribution in [0.25, 0.3) is 0 Å². The van der Waals surface area contributed by atoms with E-state index in [1.54, 1.807) is 13.8 Å². The summed E-state index contributed by atoms with van der Waals surface area (Å²) in [6, 6.07) is 2.62. The van der Waals surface area contributed by atoms with E-state index in [9.17, 15) is 19.2 Å². The monoisotopic (exact) mass is 449 g/mol. The summed E-state index contributed by atoms with van der Waals surface area (Å²) in [5.74, 6) is -1.29. The zero-order chi connectivity index (χ0) is 22.0. The van der Waals surface area contributed by atoms with Gasteiger partial charge in [0.25, 0.3) is 0 Å². The third-order valence-corrected chi connectivity index (χ3v) is 3.95. The highest BCUT2D eigenvalue weighted by molar-refractivity contribution is 6.37. The van der Waals surface area contributed by atoms with Gasteiger partial charge in [0, 0.05) is 16.1 Å². The SMILES string of the molecule is CCOC(=O)NN(CC(=O)c1cc(COC(=O)CN)c(Cl)cc1Cl)C(=O)OCC. The van der Waals surface area contributed by atoms with Crippen LogP contribution < -0.4 is 11.2 Å². The fraction of sp³-hybridized carbons (Fsp3) is 0.412. The number of rotatable bonds is 8. The highest BCUT2D eigenvalue weighted by Gasteiger charge is 2.24. The van der Waals surface area contributed by atoms with Crippen LogP contribution in [-0.2, 0) is 25.6 Å². The molecule has 12 heteroatoms. The van der Waals surface area contributed by atoms with Crippen LogP contribution in [0.3, 0.4) is 0 Å². The summed E-state index contributed by atoms with van der Waals surface area (Å²) in [6.07, 6.45) is -1.90. The molecular formula is C17H21Cl2N3O7. The van der Waals surface area contributed by atoms with Crippen molar-refractivity contribution < 1.29 is 33.4 Å². The smallest absolute Gasteiger partial charge is 0.429 e. The molecule has 0 saturated carbocycles. The Labute approximate surface area is 177 Å². The van der Waals surface area contributed by atoms with Crippen molar-refractivity contribution in [3.05, 3.63) is 33.3 Å². The molecule has 0 fully saturated rings. The lowest BCUT2D eigenvalue weighted by Gasteiger charge is -2.21. The molecule has 0 aliphatic rings. The fourth-order valence-corrected chi connectivity index (χ4v) is 2.53. The number of hydrogen-bond acceptors (Lipinski definition) is 8. The molecule has 0 aliphatic carbocycles. The molecule has 0 heterocycles. The van der Waals surface area contributed by atoms with E-state index in [1.165, 1.54) is 12.1 Å². The highest BCUT2D eigenvalue weighted by atomic mass is 35.5. The third kappa shape index (κ3) is 7.76. The van der Waals surface area contributed by atoms with Crippen molar-refractivity contribution >= 4 is 47.1 Å². The van der Waals surface area contributed by atoms with Crippen molar-refractivity contribution in [2.24, 2.45) is 5.73 Å². The van der Waals surface area contributed by atoms with Gasteiger partial charge in [0.2, 0.25) is 0 Å². The first-order valence-electron chi connectivity index (χ1n) is 8.47. The van der Waals surface area contributed by atoms with Gasteiger partial charge in [-0.05, 0) is 26.0 Å². The second-order valence-corrected chi connectivity index (χ2v) is 6.14. The zero-order valence-electron chi connectivity index (χ0n) is 15.8. The Hall–Kier alpha value is -2.56. The number of halogens is 2. The van der Waals surface area contributed by atoms with Gasteiger partial charge in [0.1, 0.15) is 13.2 Å². The van der Waals surface area contributed by atoms with Crippen molar-refractivity contribution in [3.8, 4) is 0 Å². The number of carbonyl (C=O) groups excluding carboxylic acids is 4. The lowest BCUT2D eigenvalue weighted by molar-refractivity contribution is -0.143. The van der Waals surface area contributed by atoms with Crippen LogP contribution in [0.1, 0.15) is 29.8 Å². The topological polar surface area (TPSA) is 137 Å². The van der Waals surface area contributed by atoms with Gasteiger partial charge in [-0.15, -0.1) is 0 Å². The van der Waals surface area contributed by atoms with E-state index < -0.39 is 30.5 Å². The Kier molecular flexibility index (Phi) is 10.2. The first-order chi connectivity index (χ1) is 13.7. The van der Waals surface area contributed by atoms with Crippen molar-refractivity contribution in [1.82, 2.24) is 10.4 Å². The van der Waals surface area contributed by atoms with E-state index in [1.807, 2.05) is 0 Å². The van der Waals surface area contributed by atoms with Crippen LogP contribution >= 0.6 is 23.2 Å². The molecule has 29 heavy (non-hydrogen) atoms. The largest absolute Gasteiger partial charge is 0.460 e. The van der Waals surface area contributed by atoms with Crippen LogP contribution in [0.15, 0.2) is 12.1 Å². The molecule has 160 valence electrons. The number of benzene rings is 1. The Balaban J connectivity index is 3.04.